The van der Waals surface area contributed by atoms with Gasteiger partial charge in [0.2, 0.25) is 0 Å². The number of alkyl halides is 3. The molecule has 0 aromatic heterocycles. The van der Waals surface area contributed by atoms with Gasteiger partial charge in [-0.05, 0) is 69.3 Å². The molecule has 2 unspecified atom stereocenters. The molecule has 0 radical (unpaired) electrons. The van der Waals surface area contributed by atoms with E-state index in [9.17, 15) is 30.4 Å². The van der Waals surface area contributed by atoms with E-state index in [1.807, 2.05) is 0 Å². The molecular formula is C27H26F5O6S2+. The van der Waals surface area contributed by atoms with Crippen LogP contribution >= 0.6 is 0 Å². The molecule has 0 bridgehead atoms. The van der Waals surface area contributed by atoms with Crippen LogP contribution in [0.1, 0.15) is 26.3 Å². The van der Waals surface area contributed by atoms with Crippen LogP contribution in [0.3, 0.4) is 0 Å². The molecule has 0 saturated carbocycles. The van der Waals surface area contributed by atoms with E-state index in [0.717, 1.165) is 13.0 Å². The molecule has 40 heavy (non-hydrogen) atoms. The first-order valence-electron chi connectivity index (χ1n) is 11.9. The van der Waals surface area contributed by atoms with Gasteiger partial charge < -0.3 is 14.2 Å². The zero-order valence-electron chi connectivity index (χ0n) is 21.5. The lowest BCUT2D eigenvalue weighted by atomic mass is 10.0. The Hall–Kier alpha value is -2.71. The molecule has 2 atom stereocenters. The predicted octanol–water partition coefficient (Wildman–Crippen LogP) is 6.26. The van der Waals surface area contributed by atoms with Crippen LogP contribution in [0.15, 0.2) is 81.4 Å². The van der Waals surface area contributed by atoms with Gasteiger partial charge in [0.15, 0.2) is 32.2 Å². The first-order chi connectivity index (χ1) is 18.5. The quantitative estimate of drug-likeness (QED) is 0.186. The molecule has 1 heterocycles. The van der Waals surface area contributed by atoms with Gasteiger partial charge in [0.1, 0.15) is 17.4 Å². The standard InChI is InChI=1S/C27H25F5O6S2/c1-17(27(31,32)40(33,34)35)38-21-6-10-23(11-7-21)39(24-13-19(28)12-20(29)14-24)22-8-4-18(5-9-22)26(3)36-15-25(2,30)16-37-26/h4-14,17H,15-16H2,1-3H3/p+1. The van der Waals surface area contributed by atoms with Crippen molar-refractivity contribution >= 4 is 21.0 Å². The van der Waals surface area contributed by atoms with E-state index in [1.165, 1.54) is 43.3 Å². The SMILES string of the molecule is CC(Oc1ccc([S+](c2ccc(C3(C)OCC(C)(F)CO3)cc2)c2cc(F)cc(F)c2)cc1)C(F)(F)S(=O)(=O)O. The Labute approximate surface area is 231 Å². The van der Waals surface area contributed by atoms with Crippen LogP contribution in [-0.2, 0) is 36.3 Å². The molecule has 1 saturated heterocycles. The smallest absolute Gasteiger partial charge is 0.405 e. The van der Waals surface area contributed by atoms with Crippen molar-refractivity contribution in [2.24, 2.45) is 0 Å². The first kappa shape index (κ1) is 30.3. The minimum Gasteiger partial charge on any atom is -0.483 e. The largest absolute Gasteiger partial charge is 0.483 e. The maximum atomic E-state index is 14.2. The summed E-state index contributed by atoms with van der Waals surface area (Å²) < 4.78 is 117. The predicted molar refractivity (Wildman–Crippen MR) is 137 cm³/mol. The summed E-state index contributed by atoms with van der Waals surface area (Å²) in [5.41, 5.74) is -1.03. The van der Waals surface area contributed by atoms with Gasteiger partial charge in [0.25, 0.3) is 0 Å². The third kappa shape index (κ3) is 6.44. The summed E-state index contributed by atoms with van der Waals surface area (Å²) in [6, 6.07) is 15.5. The number of ether oxygens (including phenoxy) is 3. The summed E-state index contributed by atoms with van der Waals surface area (Å²) in [5.74, 6) is -2.91. The third-order valence-corrected chi connectivity index (χ3v) is 9.39. The molecule has 1 aliphatic rings. The Morgan fingerprint density at radius 3 is 1.85 bits per heavy atom. The molecule has 3 aromatic carbocycles. The number of rotatable bonds is 8. The minimum absolute atomic E-state index is 0.122. The van der Waals surface area contributed by atoms with Crippen molar-refractivity contribution in [3.63, 3.8) is 0 Å². The van der Waals surface area contributed by atoms with Crippen molar-refractivity contribution in [2.75, 3.05) is 13.2 Å². The summed E-state index contributed by atoms with van der Waals surface area (Å²) in [6.45, 7) is 3.49. The topological polar surface area (TPSA) is 82.1 Å². The van der Waals surface area contributed by atoms with E-state index in [0.29, 0.717) is 15.4 Å². The Bertz CT molecular complexity index is 1430. The van der Waals surface area contributed by atoms with Crippen molar-refractivity contribution < 1.29 is 49.1 Å². The van der Waals surface area contributed by atoms with Gasteiger partial charge in [-0.3, -0.25) is 4.55 Å². The molecular weight excluding hydrogens is 579 g/mol. The second kappa shape index (κ2) is 10.9. The summed E-state index contributed by atoms with van der Waals surface area (Å²) in [7, 11) is -6.80. The van der Waals surface area contributed by atoms with Crippen LogP contribution in [0.2, 0.25) is 0 Å². The van der Waals surface area contributed by atoms with Gasteiger partial charge >= 0.3 is 15.4 Å². The van der Waals surface area contributed by atoms with Crippen molar-refractivity contribution in [3.05, 3.63) is 83.9 Å². The van der Waals surface area contributed by atoms with Gasteiger partial charge in [-0.1, -0.05) is 0 Å². The van der Waals surface area contributed by atoms with E-state index in [4.69, 9.17) is 18.8 Å². The zero-order chi connectivity index (χ0) is 29.5. The highest BCUT2D eigenvalue weighted by molar-refractivity contribution is 7.97. The molecule has 13 heteroatoms. The summed E-state index contributed by atoms with van der Waals surface area (Å²) in [4.78, 5) is 1.45. The van der Waals surface area contributed by atoms with Gasteiger partial charge in [0.05, 0.1) is 24.1 Å². The van der Waals surface area contributed by atoms with E-state index >= 15 is 0 Å². The van der Waals surface area contributed by atoms with Crippen LogP contribution in [0.4, 0.5) is 22.0 Å². The van der Waals surface area contributed by atoms with E-state index < -0.39 is 55.5 Å². The molecule has 1 fully saturated rings. The van der Waals surface area contributed by atoms with Crippen molar-refractivity contribution in [3.8, 4) is 5.75 Å². The lowest BCUT2D eigenvalue weighted by Crippen LogP contribution is -2.46. The fourth-order valence-electron chi connectivity index (χ4n) is 3.91. The molecule has 4 rings (SSSR count). The van der Waals surface area contributed by atoms with Crippen LogP contribution in [-0.4, -0.2) is 43.2 Å². The molecule has 0 aliphatic carbocycles. The monoisotopic (exact) mass is 605 g/mol. The average molecular weight is 606 g/mol. The lowest BCUT2D eigenvalue weighted by molar-refractivity contribution is -0.301. The van der Waals surface area contributed by atoms with Crippen molar-refractivity contribution in [2.45, 2.75) is 58.3 Å². The van der Waals surface area contributed by atoms with Gasteiger partial charge in [0, 0.05) is 23.8 Å². The maximum absolute atomic E-state index is 14.2. The van der Waals surface area contributed by atoms with E-state index in [2.05, 4.69) is 0 Å². The Morgan fingerprint density at radius 1 is 0.900 bits per heavy atom. The molecule has 1 aliphatic heterocycles. The highest BCUT2D eigenvalue weighted by atomic mass is 32.2. The van der Waals surface area contributed by atoms with Gasteiger partial charge in [-0.2, -0.15) is 17.2 Å². The molecule has 0 spiro atoms. The highest BCUT2D eigenvalue weighted by Gasteiger charge is 2.51. The first-order valence-corrected chi connectivity index (χ1v) is 14.6. The van der Waals surface area contributed by atoms with Crippen molar-refractivity contribution in [1.29, 1.82) is 0 Å². The number of hydrogen-bond acceptors (Lipinski definition) is 5. The molecule has 3 aromatic rings. The zero-order valence-corrected chi connectivity index (χ0v) is 23.2. The van der Waals surface area contributed by atoms with Crippen LogP contribution < -0.4 is 4.74 Å². The molecule has 6 nitrogen and oxygen atoms in total. The third-order valence-electron chi connectivity index (χ3n) is 6.17. The Morgan fingerprint density at radius 2 is 1.38 bits per heavy atom. The summed E-state index contributed by atoms with van der Waals surface area (Å²) in [5, 5.41) is -4.55. The second-order valence-electron chi connectivity index (χ2n) is 9.64. The maximum Gasteiger partial charge on any atom is 0.405 e. The Balaban J connectivity index is 1.66. The number of hydrogen-bond donors (Lipinski definition) is 1. The summed E-state index contributed by atoms with van der Waals surface area (Å²) >= 11 is 0. The normalized spacial score (nSPS) is 23.4. The molecule has 216 valence electrons. The van der Waals surface area contributed by atoms with Gasteiger partial charge in [-0.15, -0.1) is 0 Å². The van der Waals surface area contributed by atoms with Crippen LogP contribution in [0.25, 0.3) is 0 Å². The van der Waals surface area contributed by atoms with E-state index in [-0.39, 0.29) is 23.9 Å². The van der Waals surface area contributed by atoms with E-state index in [1.54, 1.807) is 31.2 Å². The molecule has 1 N–H and O–H groups in total. The number of halogens is 5. The van der Waals surface area contributed by atoms with Crippen LogP contribution in [0.5, 0.6) is 5.75 Å². The minimum atomic E-state index is -5.71. The fourth-order valence-corrected chi connectivity index (χ4v) is 6.47. The Kier molecular flexibility index (Phi) is 8.27. The lowest BCUT2D eigenvalue weighted by Gasteiger charge is -2.39. The van der Waals surface area contributed by atoms with Crippen molar-refractivity contribution in [1.82, 2.24) is 0 Å². The average Bonchev–Trinajstić information content (AvgIpc) is 2.86. The van der Waals surface area contributed by atoms with Crippen LogP contribution in [0, 0.1) is 11.6 Å². The fraction of sp³-hybridized carbons (Fsp3) is 0.333. The molecule has 0 amide bonds. The highest BCUT2D eigenvalue weighted by Crippen LogP contribution is 2.38. The summed E-state index contributed by atoms with van der Waals surface area (Å²) in [6.07, 6.45) is -2.21. The van der Waals surface area contributed by atoms with Gasteiger partial charge in [-0.25, -0.2) is 13.2 Å². The number of benzene rings is 3. The second-order valence-corrected chi connectivity index (χ2v) is 13.2.